The van der Waals surface area contributed by atoms with Crippen LogP contribution in [0.3, 0.4) is 0 Å². The zero-order valence-corrected chi connectivity index (χ0v) is 13.2. The van der Waals surface area contributed by atoms with Gasteiger partial charge in [-0.3, -0.25) is 0 Å². The molecule has 0 amide bonds. The molecule has 0 radical (unpaired) electrons. The van der Waals surface area contributed by atoms with Crippen LogP contribution in [0.5, 0.6) is 0 Å². The molecule has 0 fully saturated rings. The molecule has 1 aliphatic heterocycles. The van der Waals surface area contributed by atoms with E-state index in [4.69, 9.17) is 4.42 Å². The SMILES string of the molecule is O=C(O)C1(N(c2cnco2)S(=O)(=O)c2ccccc2)CSC=N1. The number of hydrogen-bond acceptors (Lipinski definition) is 7. The highest BCUT2D eigenvalue weighted by molar-refractivity contribution is 8.12. The summed E-state index contributed by atoms with van der Waals surface area (Å²) in [6.07, 6.45) is 2.17. The summed E-state index contributed by atoms with van der Waals surface area (Å²) < 4.78 is 31.8. The number of aliphatic carboxylic acids is 1. The van der Waals surface area contributed by atoms with Gasteiger partial charge in [-0.1, -0.05) is 18.2 Å². The molecule has 0 saturated heterocycles. The second-order valence-corrected chi connectivity index (χ2v) is 7.21. The molecule has 0 spiro atoms. The highest BCUT2D eigenvalue weighted by Gasteiger charge is 2.53. The van der Waals surface area contributed by atoms with E-state index in [0.717, 1.165) is 24.4 Å². The van der Waals surface area contributed by atoms with E-state index < -0.39 is 21.7 Å². The van der Waals surface area contributed by atoms with Crippen molar-refractivity contribution in [3.8, 4) is 0 Å². The van der Waals surface area contributed by atoms with Gasteiger partial charge in [0.05, 0.1) is 22.4 Å². The van der Waals surface area contributed by atoms with Gasteiger partial charge in [0.2, 0.25) is 5.88 Å². The lowest BCUT2D eigenvalue weighted by molar-refractivity contribution is -0.141. The molecular weight excluding hydrogens is 342 g/mol. The Bertz CT molecular complexity index is 836. The Morgan fingerprint density at radius 3 is 2.61 bits per heavy atom. The van der Waals surface area contributed by atoms with Gasteiger partial charge in [0.15, 0.2) is 6.39 Å². The predicted molar refractivity (Wildman–Crippen MR) is 83.9 cm³/mol. The number of benzene rings is 1. The lowest BCUT2D eigenvalue weighted by Crippen LogP contribution is -2.56. The summed E-state index contributed by atoms with van der Waals surface area (Å²) in [5.74, 6) is -1.68. The number of nitrogens with zero attached hydrogens (tertiary/aromatic N) is 3. The highest BCUT2D eigenvalue weighted by Crippen LogP contribution is 2.37. The average Bonchev–Trinajstić information content (AvgIpc) is 3.21. The van der Waals surface area contributed by atoms with Crippen LogP contribution in [0, 0.1) is 0 Å². The second kappa shape index (κ2) is 5.70. The quantitative estimate of drug-likeness (QED) is 0.865. The monoisotopic (exact) mass is 353 g/mol. The molecule has 0 bridgehead atoms. The number of rotatable bonds is 5. The van der Waals surface area contributed by atoms with Crippen molar-refractivity contribution in [2.75, 3.05) is 10.1 Å². The summed E-state index contributed by atoms with van der Waals surface area (Å²) in [7, 11) is -4.22. The maximum absolute atomic E-state index is 13.0. The fourth-order valence-electron chi connectivity index (χ4n) is 2.14. The molecule has 1 atom stereocenters. The van der Waals surface area contributed by atoms with Crippen molar-refractivity contribution in [1.29, 1.82) is 0 Å². The molecule has 8 nitrogen and oxygen atoms in total. The number of aliphatic imine (C=N–C) groups is 1. The number of aromatic nitrogens is 1. The Balaban J connectivity index is 2.22. The van der Waals surface area contributed by atoms with Crippen molar-refractivity contribution >= 4 is 39.2 Å². The Hall–Kier alpha value is -2.33. The van der Waals surface area contributed by atoms with Crippen LogP contribution in [-0.2, 0) is 14.8 Å². The molecule has 1 N–H and O–H groups in total. The van der Waals surface area contributed by atoms with Gasteiger partial charge in [0.25, 0.3) is 15.7 Å². The predicted octanol–water partition coefficient (Wildman–Crippen LogP) is 1.43. The zero-order chi connectivity index (χ0) is 16.5. The summed E-state index contributed by atoms with van der Waals surface area (Å²) >= 11 is 1.11. The van der Waals surface area contributed by atoms with Crippen molar-refractivity contribution < 1.29 is 22.7 Å². The highest BCUT2D eigenvalue weighted by atomic mass is 32.2. The minimum Gasteiger partial charge on any atom is -0.478 e. The van der Waals surface area contributed by atoms with Gasteiger partial charge < -0.3 is 9.52 Å². The maximum Gasteiger partial charge on any atom is 0.354 e. The van der Waals surface area contributed by atoms with Crippen LogP contribution in [0.2, 0.25) is 0 Å². The van der Waals surface area contributed by atoms with E-state index in [2.05, 4.69) is 9.98 Å². The first-order valence-corrected chi connectivity index (χ1v) is 8.85. The van der Waals surface area contributed by atoms with Gasteiger partial charge in [-0.2, -0.15) is 4.31 Å². The minimum absolute atomic E-state index is 0.0656. The average molecular weight is 353 g/mol. The van der Waals surface area contributed by atoms with Crippen LogP contribution in [0.4, 0.5) is 5.88 Å². The van der Waals surface area contributed by atoms with Crippen molar-refractivity contribution in [3.63, 3.8) is 0 Å². The number of anilines is 1. The number of carbonyl (C=O) groups is 1. The van der Waals surface area contributed by atoms with Gasteiger partial charge in [0.1, 0.15) is 0 Å². The topological polar surface area (TPSA) is 113 Å². The number of hydrogen-bond donors (Lipinski definition) is 1. The van der Waals surface area contributed by atoms with E-state index >= 15 is 0 Å². The maximum atomic E-state index is 13.0. The third-order valence-corrected chi connectivity index (χ3v) is 5.86. The van der Waals surface area contributed by atoms with Gasteiger partial charge in [-0.15, -0.1) is 11.8 Å². The Labute approximate surface area is 135 Å². The minimum atomic E-state index is -4.22. The van der Waals surface area contributed by atoms with E-state index in [1.54, 1.807) is 18.2 Å². The Morgan fingerprint density at radius 1 is 1.35 bits per heavy atom. The Kier molecular flexibility index (Phi) is 3.86. The van der Waals surface area contributed by atoms with E-state index in [9.17, 15) is 18.3 Å². The third-order valence-electron chi connectivity index (χ3n) is 3.20. The number of carboxylic acid groups (broad SMARTS) is 1. The lowest BCUT2D eigenvalue weighted by Gasteiger charge is -2.33. The number of sulfonamides is 1. The molecule has 1 aliphatic rings. The van der Waals surface area contributed by atoms with E-state index in [1.807, 2.05) is 0 Å². The third kappa shape index (κ3) is 2.49. The first kappa shape index (κ1) is 15.6. The van der Waals surface area contributed by atoms with Gasteiger partial charge in [0, 0.05) is 0 Å². The van der Waals surface area contributed by atoms with Crippen molar-refractivity contribution in [3.05, 3.63) is 42.9 Å². The van der Waals surface area contributed by atoms with Crippen molar-refractivity contribution in [2.24, 2.45) is 4.99 Å². The largest absolute Gasteiger partial charge is 0.478 e. The van der Waals surface area contributed by atoms with Crippen LogP contribution in [0.15, 0.2) is 57.2 Å². The fraction of sp³-hybridized carbons (Fsp3) is 0.154. The molecule has 0 saturated carbocycles. The molecule has 10 heteroatoms. The van der Waals surface area contributed by atoms with Crippen LogP contribution in [0.1, 0.15) is 0 Å². The van der Waals surface area contributed by atoms with Crippen LogP contribution in [-0.4, -0.2) is 41.4 Å². The van der Waals surface area contributed by atoms with Crippen molar-refractivity contribution in [1.82, 2.24) is 4.98 Å². The normalized spacial score (nSPS) is 20.5. The molecule has 1 unspecified atom stereocenters. The molecule has 1 aromatic carbocycles. The van der Waals surface area contributed by atoms with Crippen LogP contribution < -0.4 is 4.31 Å². The van der Waals surface area contributed by atoms with E-state index in [-0.39, 0.29) is 16.5 Å². The van der Waals surface area contributed by atoms with Gasteiger partial charge in [-0.25, -0.2) is 23.2 Å². The smallest absolute Gasteiger partial charge is 0.354 e. The molecule has 2 aromatic rings. The number of thioether (sulfide) groups is 1. The molecular formula is C13H11N3O5S2. The summed E-state index contributed by atoms with van der Waals surface area (Å²) in [6.45, 7) is 0. The van der Waals surface area contributed by atoms with Crippen molar-refractivity contribution in [2.45, 2.75) is 10.6 Å². The standard InChI is InChI=1S/C13H11N3O5S2/c17-12(18)13(7-22-9-15-13)16(11-6-14-8-21-11)23(19,20)10-4-2-1-3-5-10/h1-6,8-9H,7H2,(H,17,18). The van der Waals surface area contributed by atoms with E-state index in [0.29, 0.717) is 4.31 Å². The summed E-state index contributed by atoms with van der Waals surface area (Å²) in [6, 6.07) is 7.51. The fourth-order valence-corrected chi connectivity index (χ4v) is 4.73. The van der Waals surface area contributed by atoms with Crippen LogP contribution in [0.25, 0.3) is 0 Å². The Morgan fingerprint density at radius 2 is 2.09 bits per heavy atom. The number of carboxylic acids is 1. The second-order valence-electron chi connectivity index (χ2n) is 4.59. The first-order chi connectivity index (χ1) is 11.0. The van der Waals surface area contributed by atoms with Gasteiger partial charge >= 0.3 is 5.97 Å². The first-order valence-electron chi connectivity index (χ1n) is 6.36. The molecule has 23 heavy (non-hydrogen) atoms. The molecule has 120 valence electrons. The molecule has 3 rings (SSSR count). The van der Waals surface area contributed by atoms with E-state index in [1.165, 1.54) is 17.7 Å². The number of oxazole rings is 1. The molecule has 1 aromatic heterocycles. The summed E-state index contributed by atoms with van der Waals surface area (Å²) in [5.41, 5.74) is -0.698. The summed E-state index contributed by atoms with van der Waals surface area (Å²) in [5, 5.41) is 9.65. The van der Waals surface area contributed by atoms with Gasteiger partial charge in [-0.05, 0) is 12.1 Å². The molecule has 0 aliphatic carbocycles. The lowest BCUT2D eigenvalue weighted by atomic mass is 10.2. The summed E-state index contributed by atoms with van der Waals surface area (Å²) in [4.78, 5) is 19.4. The van der Waals surface area contributed by atoms with Crippen LogP contribution >= 0.6 is 11.8 Å². The zero-order valence-electron chi connectivity index (χ0n) is 11.6. The molecule has 2 heterocycles.